The third-order valence-corrected chi connectivity index (χ3v) is 6.09. The van der Waals surface area contributed by atoms with Gasteiger partial charge in [-0.05, 0) is 38.1 Å². The second-order valence-electron chi connectivity index (χ2n) is 6.88. The first-order valence-corrected chi connectivity index (χ1v) is 9.87. The van der Waals surface area contributed by atoms with Crippen LogP contribution in [0.2, 0.25) is 0 Å². The Balaban J connectivity index is 1.72. The number of alkyl halides is 3. The van der Waals surface area contributed by atoms with Crippen LogP contribution in [-0.2, 0) is 11.0 Å². The number of nitrogens with zero attached hydrogens (tertiary/aromatic N) is 2. The average Bonchev–Trinajstić information content (AvgIpc) is 3.10. The van der Waals surface area contributed by atoms with E-state index >= 15 is 0 Å². The van der Waals surface area contributed by atoms with Crippen molar-refractivity contribution in [3.05, 3.63) is 70.1 Å². The molecule has 2 aromatic heterocycles. The van der Waals surface area contributed by atoms with E-state index < -0.39 is 29.2 Å². The summed E-state index contributed by atoms with van der Waals surface area (Å²) in [5.41, 5.74) is -0.692. The van der Waals surface area contributed by atoms with Gasteiger partial charge in [0.2, 0.25) is 5.91 Å². The summed E-state index contributed by atoms with van der Waals surface area (Å²) in [6, 6.07) is 10.8. The molecule has 1 unspecified atom stereocenters. The predicted octanol–water partition coefficient (Wildman–Crippen LogP) is 5.14. The van der Waals surface area contributed by atoms with Gasteiger partial charge in [-0.3, -0.25) is 9.59 Å². The Hall–Kier alpha value is -3.20. The van der Waals surface area contributed by atoms with E-state index in [1.54, 1.807) is 6.92 Å². The van der Waals surface area contributed by atoms with E-state index in [-0.39, 0.29) is 5.69 Å². The number of carbonyl (C=O) groups excluding carboxylic acids is 1. The number of hydrogen-bond acceptors (Lipinski definition) is 4. The molecule has 0 bridgehead atoms. The fraction of sp³-hybridized carbons (Fsp3) is 0.190. The molecular weight excluding hydrogens is 415 g/mol. The molecule has 1 amide bonds. The van der Waals surface area contributed by atoms with E-state index in [2.05, 4.69) is 10.4 Å². The maximum absolute atomic E-state index is 13.1. The molecule has 5 nitrogen and oxygen atoms in total. The number of aromatic nitrogens is 2. The zero-order chi connectivity index (χ0) is 21.6. The van der Waals surface area contributed by atoms with Crippen LogP contribution < -0.4 is 10.9 Å². The van der Waals surface area contributed by atoms with Gasteiger partial charge in [0.1, 0.15) is 6.04 Å². The van der Waals surface area contributed by atoms with Crippen LogP contribution in [0.25, 0.3) is 20.2 Å². The van der Waals surface area contributed by atoms with Gasteiger partial charge in [0.05, 0.1) is 21.3 Å². The standard InChI is InChI=1S/C21H16F3N3O2S/c1-11-18-17(15-8-3-4-9-16(15)30-18)20(29)27(26-11)12(2)19(28)25-14-7-5-6-13(10-14)21(22,23)24/h3-10,12H,1-2H3,(H,25,28). The fourth-order valence-electron chi connectivity index (χ4n) is 3.27. The highest BCUT2D eigenvalue weighted by Crippen LogP contribution is 2.33. The number of amides is 1. The molecule has 0 spiro atoms. The van der Waals surface area contributed by atoms with Crippen LogP contribution >= 0.6 is 11.3 Å². The number of halogens is 3. The van der Waals surface area contributed by atoms with Crippen molar-refractivity contribution in [1.82, 2.24) is 9.78 Å². The van der Waals surface area contributed by atoms with Gasteiger partial charge in [0.15, 0.2) is 0 Å². The zero-order valence-corrected chi connectivity index (χ0v) is 16.8. The Morgan fingerprint density at radius 1 is 1.17 bits per heavy atom. The SMILES string of the molecule is Cc1nn(C(C)C(=O)Nc2cccc(C(F)(F)F)c2)c(=O)c2c1sc1ccccc12. The Kier molecular flexibility index (Phi) is 4.85. The van der Waals surface area contributed by atoms with E-state index in [9.17, 15) is 22.8 Å². The van der Waals surface area contributed by atoms with Gasteiger partial charge in [-0.25, -0.2) is 4.68 Å². The molecule has 0 fully saturated rings. The maximum atomic E-state index is 13.1. The molecule has 0 aliphatic carbocycles. The molecule has 1 atom stereocenters. The Morgan fingerprint density at radius 2 is 1.90 bits per heavy atom. The third kappa shape index (κ3) is 3.45. The number of thiophene rings is 1. The summed E-state index contributed by atoms with van der Waals surface area (Å²) in [7, 11) is 0. The van der Waals surface area contributed by atoms with Crippen molar-refractivity contribution in [2.24, 2.45) is 0 Å². The molecule has 0 saturated carbocycles. The molecule has 4 rings (SSSR count). The topological polar surface area (TPSA) is 64.0 Å². The summed E-state index contributed by atoms with van der Waals surface area (Å²) in [6.07, 6.45) is -4.52. The van der Waals surface area contributed by atoms with E-state index in [0.29, 0.717) is 11.1 Å². The molecule has 0 radical (unpaired) electrons. The molecule has 0 aliphatic heterocycles. The summed E-state index contributed by atoms with van der Waals surface area (Å²) in [4.78, 5) is 25.8. The summed E-state index contributed by atoms with van der Waals surface area (Å²) >= 11 is 1.45. The second kappa shape index (κ2) is 7.24. The highest BCUT2D eigenvalue weighted by molar-refractivity contribution is 7.26. The number of aryl methyl sites for hydroxylation is 1. The fourth-order valence-corrected chi connectivity index (χ4v) is 4.41. The van der Waals surface area contributed by atoms with Crippen molar-refractivity contribution in [3.8, 4) is 0 Å². The zero-order valence-electron chi connectivity index (χ0n) is 15.9. The molecule has 0 aliphatic rings. The van der Waals surface area contributed by atoms with E-state index in [0.717, 1.165) is 31.6 Å². The first-order valence-electron chi connectivity index (χ1n) is 9.05. The van der Waals surface area contributed by atoms with Crippen LogP contribution in [0.3, 0.4) is 0 Å². The number of carbonyl (C=O) groups is 1. The first-order chi connectivity index (χ1) is 14.2. The lowest BCUT2D eigenvalue weighted by Crippen LogP contribution is -2.33. The van der Waals surface area contributed by atoms with Crippen LogP contribution in [-0.4, -0.2) is 15.7 Å². The summed E-state index contributed by atoms with van der Waals surface area (Å²) in [6.45, 7) is 3.24. The van der Waals surface area contributed by atoms with Gasteiger partial charge < -0.3 is 5.32 Å². The van der Waals surface area contributed by atoms with Crippen molar-refractivity contribution >= 4 is 43.1 Å². The second-order valence-corrected chi connectivity index (χ2v) is 7.93. The number of nitrogens with one attached hydrogen (secondary N) is 1. The smallest absolute Gasteiger partial charge is 0.324 e. The summed E-state index contributed by atoms with van der Waals surface area (Å²) in [5.74, 6) is -0.637. The van der Waals surface area contributed by atoms with E-state index in [4.69, 9.17) is 0 Å². The summed E-state index contributed by atoms with van der Waals surface area (Å²) in [5, 5.41) is 8.00. The van der Waals surface area contributed by atoms with Crippen molar-refractivity contribution in [2.45, 2.75) is 26.1 Å². The first kappa shape index (κ1) is 20.1. The minimum Gasteiger partial charge on any atom is -0.324 e. The van der Waals surface area contributed by atoms with Crippen LogP contribution in [0, 0.1) is 6.92 Å². The lowest BCUT2D eigenvalue weighted by Gasteiger charge is -2.16. The normalized spacial score (nSPS) is 13.0. The van der Waals surface area contributed by atoms with Crippen molar-refractivity contribution in [2.75, 3.05) is 5.32 Å². The Bertz CT molecular complexity index is 1340. The predicted molar refractivity (Wildman–Crippen MR) is 111 cm³/mol. The van der Waals surface area contributed by atoms with Gasteiger partial charge in [0.25, 0.3) is 5.56 Å². The molecule has 30 heavy (non-hydrogen) atoms. The number of benzene rings is 2. The lowest BCUT2D eigenvalue weighted by atomic mass is 10.1. The minimum absolute atomic E-state index is 0.00601. The molecule has 0 saturated heterocycles. The van der Waals surface area contributed by atoms with Crippen molar-refractivity contribution in [1.29, 1.82) is 0 Å². The van der Waals surface area contributed by atoms with E-state index in [1.807, 2.05) is 24.3 Å². The lowest BCUT2D eigenvalue weighted by molar-refractivity contribution is -0.137. The molecule has 4 aromatic rings. The number of fused-ring (bicyclic) bond motifs is 3. The van der Waals surface area contributed by atoms with Crippen LogP contribution in [0.1, 0.15) is 24.2 Å². The Morgan fingerprint density at radius 3 is 2.63 bits per heavy atom. The molecule has 2 heterocycles. The van der Waals surface area contributed by atoms with Crippen LogP contribution in [0.4, 0.5) is 18.9 Å². The van der Waals surface area contributed by atoms with Crippen molar-refractivity contribution < 1.29 is 18.0 Å². The molecule has 2 aromatic carbocycles. The third-order valence-electron chi connectivity index (χ3n) is 4.81. The van der Waals surface area contributed by atoms with Gasteiger partial charge in [0, 0.05) is 15.8 Å². The number of rotatable bonds is 3. The van der Waals surface area contributed by atoms with Crippen molar-refractivity contribution in [3.63, 3.8) is 0 Å². The minimum atomic E-state index is -4.52. The highest BCUT2D eigenvalue weighted by Gasteiger charge is 2.30. The maximum Gasteiger partial charge on any atom is 0.416 e. The molecule has 1 N–H and O–H groups in total. The van der Waals surface area contributed by atoms with Gasteiger partial charge in [-0.15, -0.1) is 11.3 Å². The van der Waals surface area contributed by atoms with Gasteiger partial charge in [-0.1, -0.05) is 24.3 Å². The summed E-state index contributed by atoms with van der Waals surface area (Å²) < 4.78 is 41.5. The quantitative estimate of drug-likeness (QED) is 0.489. The van der Waals surface area contributed by atoms with Gasteiger partial charge >= 0.3 is 6.18 Å². The molecule has 9 heteroatoms. The number of hydrogen-bond donors (Lipinski definition) is 1. The van der Waals surface area contributed by atoms with E-state index in [1.165, 1.54) is 30.4 Å². The monoisotopic (exact) mass is 431 g/mol. The largest absolute Gasteiger partial charge is 0.416 e. The molecular formula is C21H16F3N3O2S. The average molecular weight is 431 g/mol. The van der Waals surface area contributed by atoms with Gasteiger partial charge in [-0.2, -0.15) is 18.3 Å². The number of anilines is 1. The molecule has 154 valence electrons. The highest BCUT2D eigenvalue weighted by atomic mass is 32.1. The van der Waals surface area contributed by atoms with Crippen LogP contribution in [0.5, 0.6) is 0 Å². The Labute approximate surface area is 172 Å². The van der Waals surface area contributed by atoms with Crippen LogP contribution in [0.15, 0.2) is 53.3 Å².